The van der Waals surface area contributed by atoms with E-state index in [0.717, 1.165) is 17.8 Å². The number of nitrogens with one attached hydrogen (secondary N) is 1. The average Bonchev–Trinajstić information content (AvgIpc) is 2.19. The summed E-state index contributed by atoms with van der Waals surface area (Å²) >= 11 is 1.86. The van der Waals surface area contributed by atoms with Gasteiger partial charge in [0, 0.05) is 16.7 Å². The van der Waals surface area contributed by atoms with Crippen molar-refractivity contribution >= 4 is 17.4 Å². The van der Waals surface area contributed by atoms with Crippen molar-refractivity contribution in [1.82, 2.24) is 0 Å². The van der Waals surface area contributed by atoms with Crippen molar-refractivity contribution in [1.29, 1.82) is 0 Å². The molecule has 0 bridgehead atoms. The van der Waals surface area contributed by atoms with Gasteiger partial charge in [0.15, 0.2) is 0 Å². The number of hydrogen-bond acceptors (Lipinski definition) is 2. The highest BCUT2D eigenvalue weighted by molar-refractivity contribution is 8.00. The smallest absolute Gasteiger partial charge is 0.128 e. The summed E-state index contributed by atoms with van der Waals surface area (Å²) in [5.74, 6) is 0.519. The van der Waals surface area contributed by atoms with Crippen LogP contribution >= 0.6 is 11.8 Å². The zero-order valence-electron chi connectivity index (χ0n) is 9.30. The first-order valence-corrected chi connectivity index (χ1v) is 6.16. The lowest BCUT2D eigenvalue weighted by molar-refractivity contribution is 0.609. The van der Waals surface area contributed by atoms with Crippen molar-refractivity contribution in [2.45, 2.75) is 30.9 Å². The van der Waals surface area contributed by atoms with Gasteiger partial charge in [0.05, 0.1) is 5.69 Å². The van der Waals surface area contributed by atoms with E-state index in [1.807, 2.05) is 24.8 Å². The van der Waals surface area contributed by atoms with Crippen LogP contribution in [0.4, 0.5) is 10.1 Å². The Kier molecular flexibility index (Phi) is 2.91. The number of benzene rings is 1. The van der Waals surface area contributed by atoms with Gasteiger partial charge in [-0.25, -0.2) is 4.39 Å². The standard InChI is InChI=1S/C12H16FNS/c1-7(2)12-6-14-10-5-9(13)8(3)4-11(10)15-12/h4-5,7,12,14H,6H2,1-3H3. The molecule has 0 fully saturated rings. The van der Waals surface area contributed by atoms with Crippen LogP contribution < -0.4 is 5.32 Å². The van der Waals surface area contributed by atoms with E-state index in [1.165, 1.54) is 4.90 Å². The second kappa shape index (κ2) is 4.05. The summed E-state index contributed by atoms with van der Waals surface area (Å²) in [7, 11) is 0. The molecule has 1 aromatic carbocycles. The molecule has 0 saturated carbocycles. The van der Waals surface area contributed by atoms with Crippen molar-refractivity contribution in [2.75, 3.05) is 11.9 Å². The fourth-order valence-electron chi connectivity index (χ4n) is 1.68. The van der Waals surface area contributed by atoms with Gasteiger partial charge >= 0.3 is 0 Å². The van der Waals surface area contributed by atoms with Gasteiger partial charge in [0.2, 0.25) is 0 Å². The molecular weight excluding hydrogens is 209 g/mol. The fourth-order valence-corrected chi connectivity index (χ4v) is 2.95. The Hall–Kier alpha value is -0.700. The number of halogens is 1. The molecule has 82 valence electrons. The molecule has 1 unspecified atom stereocenters. The van der Waals surface area contributed by atoms with Gasteiger partial charge in [0.1, 0.15) is 5.82 Å². The van der Waals surface area contributed by atoms with E-state index in [1.54, 1.807) is 6.07 Å². The second-order valence-electron chi connectivity index (χ2n) is 4.38. The molecule has 1 N–H and O–H groups in total. The molecule has 1 aliphatic rings. The molecule has 0 radical (unpaired) electrons. The SMILES string of the molecule is Cc1cc2c(cc1F)NCC(C(C)C)S2. The maximum absolute atomic E-state index is 13.3. The molecule has 2 rings (SSSR count). The third kappa shape index (κ3) is 2.12. The first kappa shape index (κ1) is 10.8. The van der Waals surface area contributed by atoms with Gasteiger partial charge in [-0.15, -0.1) is 11.8 Å². The molecule has 3 heteroatoms. The van der Waals surface area contributed by atoms with Crippen LogP contribution in [0.2, 0.25) is 0 Å². The third-order valence-electron chi connectivity index (χ3n) is 2.78. The van der Waals surface area contributed by atoms with Crippen LogP contribution in [0.25, 0.3) is 0 Å². The van der Waals surface area contributed by atoms with Crippen LogP contribution in [0.3, 0.4) is 0 Å². The Morgan fingerprint density at radius 2 is 2.20 bits per heavy atom. The summed E-state index contributed by atoms with van der Waals surface area (Å²) in [6.45, 7) is 7.19. The van der Waals surface area contributed by atoms with E-state index in [-0.39, 0.29) is 5.82 Å². The van der Waals surface area contributed by atoms with Crippen LogP contribution in [0.1, 0.15) is 19.4 Å². The van der Waals surface area contributed by atoms with Crippen LogP contribution in [-0.2, 0) is 0 Å². The van der Waals surface area contributed by atoms with Crippen LogP contribution in [0.5, 0.6) is 0 Å². The lowest BCUT2D eigenvalue weighted by atomic mass is 10.1. The highest BCUT2D eigenvalue weighted by atomic mass is 32.2. The van der Waals surface area contributed by atoms with Gasteiger partial charge in [-0.2, -0.15) is 0 Å². The minimum atomic E-state index is -0.121. The minimum Gasteiger partial charge on any atom is -0.383 e. The highest BCUT2D eigenvalue weighted by Crippen LogP contribution is 2.38. The third-order valence-corrected chi connectivity index (χ3v) is 4.38. The van der Waals surface area contributed by atoms with Crippen LogP contribution in [0, 0.1) is 18.7 Å². The number of hydrogen-bond donors (Lipinski definition) is 1. The molecule has 1 aromatic rings. The minimum absolute atomic E-state index is 0.121. The predicted octanol–water partition coefficient (Wildman–Crippen LogP) is 3.68. The normalized spacial score (nSPS) is 19.9. The van der Waals surface area contributed by atoms with Gasteiger partial charge in [0.25, 0.3) is 0 Å². The van der Waals surface area contributed by atoms with Gasteiger partial charge in [-0.05, 0) is 30.5 Å². The summed E-state index contributed by atoms with van der Waals surface area (Å²) in [5.41, 5.74) is 1.67. The van der Waals surface area contributed by atoms with E-state index in [0.29, 0.717) is 11.2 Å². The van der Waals surface area contributed by atoms with E-state index in [4.69, 9.17) is 0 Å². The van der Waals surface area contributed by atoms with Crippen molar-refractivity contribution in [3.05, 3.63) is 23.5 Å². The van der Waals surface area contributed by atoms with E-state index >= 15 is 0 Å². The molecule has 0 saturated heterocycles. The summed E-state index contributed by atoms with van der Waals surface area (Å²) < 4.78 is 13.3. The molecule has 1 heterocycles. The maximum Gasteiger partial charge on any atom is 0.128 e. The molecule has 1 atom stereocenters. The average molecular weight is 225 g/mol. The van der Waals surface area contributed by atoms with E-state index in [2.05, 4.69) is 19.2 Å². The summed E-state index contributed by atoms with van der Waals surface area (Å²) in [5, 5.41) is 3.89. The van der Waals surface area contributed by atoms with Crippen LogP contribution in [0.15, 0.2) is 17.0 Å². The van der Waals surface area contributed by atoms with E-state index in [9.17, 15) is 4.39 Å². The largest absolute Gasteiger partial charge is 0.383 e. The first-order valence-electron chi connectivity index (χ1n) is 5.28. The molecule has 0 spiro atoms. The molecule has 0 amide bonds. The molecule has 0 aromatic heterocycles. The number of aryl methyl sites for hydroxylation is 1. The Morgan fingerprint density at radius 3 is 2.87 bits per heavy atom. The summed E-state index contributed by atoms with van der Waals surface area (Å²) in [4.78, 5) is 1.18. The van der Waals surface area contributed by atoms with Crippen LogP contribution in [-0.4, -0.2) is 11.8 Å². The highest BCUT2D eigenvalue weighted by Gasteiger charge is 2.22. The number of fused-ring (bicyclic) bond motifs is 1. The van der Waals surface area contributed by atoms with Gasteiger partial charge < -0.3 is 5.32 Å². The van der Waals surface area contributed by atoms with Gasteiger partial charge in [-0.1, -0.05) is 13.8 Å². The van der Waals surface area contributed by atoms with E-state index < -0.39 is 0 Å². The van der Waals surface area contributed by atoms with Crippen molar-refractivity contribution in [3.8, 4) is 0 Å². The predicted molar refractivity (Wildman–Crippen MR) is 64.1 cm³/mol. The molecular formula is C12H16FNS. The summed E-state index contributed by atoms with van der Waals surface area (Å²) in [6, 6.07) is 3.55. The lowest BCUT2D eigenvalue weighted by Crippen LogP contribution is -2.26. The zero-order valence-corrected chi connectivity index (χ0v) is 10.1. The number of thioether (sulfide) groups is 1. The van der Waals surface area contributed by atoms with Crippen molar-refractivity contribution < 1.29 is 4.39 Å². The Balaban J connectivity index is 2.30. The fraction of sp³-hybridized carbons (Fsp3) is 0.500. The summed E-state index contributed by atoms with van der Waals surface area (Å²) in [6.07, 6.45) is 0. The molecule has 0 aliphatic carbocycles. The second-order valence-corrected chi connectivity index (χ2v) is 5.66. The molecule has 15 heavy (non-hydrogen) atoms. The maximum atomic E-state index is 13.3. The Labute approximate surface area is 94.5 Å². The Morgan fingerprint density at radius 1 is 1.47 bits per heavy atom. The number of rotatable bonds is 1. The molecule has 1 nitrogen and oxygen atoms in total. The monoisotopic (exact) mass is 225 g/mol. The van der Waals surface area contributed by atoms with Crippen molar-refractivity contribution in [3.63, 3.8) is 0 Å². The quantitative estimate of drug-likeness (QED) is 0.782. The zero-order chi connectivity index (χ0) is 11.0. The molecule has 1 aliphatic heterocycles. The number of anilines is 1. The lowest BCUT2D eigenvalue weighted by Gasteiger charge is -2.28. The van der Waals surface area contributed by atoms with Gasteiger partial charge in [-0.3, -0.25) is 0 Å². The topological polar surface area (TPSA) is 12.0 Å². The van der Waals surface area contributed by atoms with Crippen molar-refractivity contribution in [2.24, 2.45) is 5.92 Å². The first-order chi connectivity index (χ1) is 7.08. The Bertz CT molecular complexity index is 376.